The average Bonchev–Trinajstić information content (AvgIpc) is 2.52. The van der Waals surface area contributed by atoms with Crippen LogP contribution in [0.2, 0.25) is 0 Å². The van der Waals surface area contributed by atoms with Gasteiger partial charge in [0.25, 0.3) is 10.1 Å². The van der Waals surface area contributed by atoms with E-state index in [1.165, 1.54) is 12.1 Å². The van der Waals surface area contributed by atoms with Crippen molar-refractivity contribution >= 4 is 21.5 Å². The maximum absolute atomic E-state index is 11.1. The molecule has 2 N–H and O–H groups in total. The van der Waals surface area contributed by atoms with Crippen LogP contribution in [0.3, 0.4) is 0 Å². The molecule has 0 aliphatic rings. The third-order valence-corrected chi connectivity index (χ3v) is 3.99. The fraction of sp³-hybridized carbons (Fsp3) is 0.200. The summed E-state index contributed by atoms with van der Waals surface area (Å²) in [6, 6.07) is 13.1. The van der Waals surface area contributed by atoms with E-state index in [9.17, 15) is 13.3 Å². The quantitative estimate of drug-likeness (QED) is 0.463. The molecule has 0 saturated heterocycles. The minimum Gasteiger partial charge on any atom is -0.385 e. The summed E-state index contributed by atoms with van der Waals surface area (Å²) in [5, 5.41) is 6.03. The number of hydrogen-bond donors (Lipinski definition) is 2. The number of nitrogens with zero attached hydrogens (tertiary/aromatic N) is 1. The Morgan fingerprint density at radius 2 is 1.82 bits per heavy atom. The van der Waals surface area contributed by atoms with Crippen LogP contribution in [0.15, 0.2) is 58.6 Å². The monoisotopic (exact) mass is 320 g/mol. The molecule has 2 aromatic carbocycles. The summed E-state index contributed by atoms with van der Waals surface area (Å²) >= 11 is 0. The van der Waals surface area contributed by atoms with Crippen molar-refractivity contribution in [3.05, 3.63) is 59.0 Å². The molecule has 0 heterocycles. The van der Waals surface area contributed by atoms with Crippen molar-refractivity contribution in [1.82, 2.24) is 0 Å². The van der Waals surface area contributed by atoms with Crippen LogP contribution in [-0.4, -0.2) is 19.5 Å². The van der Waals surface area contributed by atoms with E-state index in [1.807, 2.05) is 6.07 Å². The molecule has 0 unspecified atom stereocenters. The summed E-state index contributed by atoms with van der Waals surface area (Å²) in [6.45, 7) is 0.698. The molecule has 0 atom stereocenters. The predicted octanol–water partition coefficient (Wildman–Crippen LogP) is 3.38. The second-order valence-electron chi connectivity index (χ2n) is 4.79. The van der Waals surface area contributed by atoms with E-state index in [2.05, 4.69) is 10.5 Å². The van der Waals surface area contributed by atoms with Crippen LogP contribution < -0.4 is 5.32 Å². The van der Waals surface area contributed by atoms with E-state index in [0.717, 1.165) is 17.7 Å². The minimum atomic E-state index is -4.16. The maximum Gasteiger partial charge on any atom is 0.294 e. The number of nitroso groups, excluding NO2 is 1. The van der Waals surface area contributed by atoms with Crippen LogP contribution >= 0.6 is 0 Å². The van der Waals surface area contributed by atoms with Gasteiger partial charge in [0.1, 0.15) is 5.69 Å². The van der Waals surface area contributed by atoms with Crippen molar-refractivity contribution in [2.45, 2.75) is 17.7 Å². The lowest BCUT2D eigenvalue weighted by Gasteiger charge is -2.07. The van der Waals surface area contributed by atoms with Crippen LogP contribution in [-0.2, 0) is 16.5 Å². The fourth-order valence-electron chi connectivity index (χ4n) is 2.03. The van der Waals surface area contributed by atoms with E-state index in [0.29, 0.717) is 18.7 Å². The molecule has 0 spiro atoms. The molecular formula is C15H16N2O4S. The Hall–Kier alpha value is -2.25. The molecule has 0 radical (unpaired) electrons. The Balaban J connectivity index is 1.84. The van der Waals surface area contributed by atoms with Crippen molar-refractivity contribution < 1.29 is 13.0 Å². The lowest BCUT2D eigenvalue weighted by molar-refractivity contribution is 0.483. The third-order valence-electron chi connectivity index (χ3n) is 3.14. The molecule has 0 aliphatic carbocycles. The summed E-state index contributed by atoms with van der Waals surface area (Å²) in [5.41, 5.74) is 2.11. The van der Waals surface area contributed by atoms with Gasteiger partial charge in [-0.05, 0) is 60.0 Å². The molecule has 0 aromatic heterocycles. The van der Waals surface area contributed by atoms with Gasteiger partial charge in [-0.3, -0.25) is 4.55 Å². The largest absolute Gasteiger partial charge is 0.385 e. The van der Waals surface area contributed by atoms with Crippen molar-refractivity contribution in [1.29, 1.82) is 0 Å². The van der Waals surface area contributed by atoms with Crippen molar-refractivity contribution in [3.8, 4) is 0 Å². The molecule has 0 fully saturated rings. The summed E-state index contributed by atoms with van der Waals surface area (Å²) in [7, 11) is -4.16. The normalized spacial score (nSPS) is 11.1. The molecule has 0 amide bonds. The summed E-state index contributed by atoms with van der Waals surface area (Å²) in [5.74, 6) is 0. The second-order valence-corrected chi connectivity index (χ2v) is 6.21. The van der Waals surface area contributed by atoms with Gasteiger partial charge in [-0.1, -0.05) is 12.1 Å². The van der Waals surface area contributed by atoms with E-state index in [4.69, 9.17) is 4.55 Å². The summed E-state index contributed by atoms with van der Waals surface area (Å²) in [6.07, 6.45) is 1.48. The molecule has 2 rings (SSSR count). The van der Waals surface area contributed by atoms with Crippen molar-refractivity contribution in [2.24, 2.45) is 5.18 Å². The first kappa shape index (κ1) is 16.1. The van der Waals surface area contributed by atoms with Gasteiger partial charge in [0.15, 0.2) is 0 Å². The number of benzene rings is 2. The molecule has 22 heavy (non-hydrogen) atoms. The van der Waals surface area contributed by atoms with E-state index < -0.39 is 10.1 Å². The first-order chi connectivity index (χ1) is 10.5. The number of aryl methyl sites for hydroxylation is 1. The molecular weight excluding hydrogens is 304 g/mol. The topological polar surface area (TPSA) is 95.8 Å². The highest BCUT2D eigenvalue weighted by Gasteiger charge is 2.09. The Labute approximate surface area is 128 Å². The Morgan fingerprint density at radius 3 is 2.45 bits per heavy atom. The van der Waals surface area contributed by atoms with Gasteiger partial charge < -0.3 is 5.32 Å². The van der Waals surface area contributed by atoms with Gasteiger partial charge in [-0.15, -0.1) is 4.91 Å². The zero-order valence-corrected chi connectivity index (χ0v) is 12.6. The van der Waals surface area contributed by atoms with Gasteiger partial charge in [-0.25, -0.2) is 0 Å². The Morgan fingerprint density at radius 1 is 1.09 bits per heavy atom. The minimum absolute atomic E-state index is 0.0880. The van der Waals surface area contributed by atoms with Crippen LogP contribution in [0.5, 0.6) is 0 Å². The van der Waals surface area contributed by atoms with Gasteiger partial charge in [0.2, 0.25) is 0 Å². The van der Waals surface area contributed by atoms with E-state index in [-0.39, 0.29) is 4.90 Å². The highest BCUT2D eigenvalue weighted by molar-refractivity contribution is 7.85. The number of hydrogen-bond acceptors (Lipinski definition) is 5. The SMILES string of the molecule is O=Nc1ccc(NCCCc2cccc(S(=O)(=O)O)c2)cc1. The van der Waals surface area contributed by atoms with E-state index in [1.54, 1.807) is 30.3 Å². The van der Waals surface area contributed by atoms with Crippen LogP contribution in [0, 0.1) is 4.91 Å². The van der Waals surface area contributed by atoms with Crippen LogP contribution in [0.25, 0.3) is 0 Å². The lowest BCUT2D eigenvalue weighted by atomic mass is 10.1. The molecule has 2 aromatic rings. The molecule has 0 saturated carbocycles. The molecule has 7 heteroatoms. The molecule has 116 valence electrons. The molecule has 0 bridgehead atoms. The Kier molecular flexibility index (Phi) is 5.24. The first-order valence-corrected chi connectivity index (χ1v) is 8.17. The average molecular weight is 320 g/mol. The van der Waals surface area contributed by atoms with E-state index >= 15 is 0 Å². The fourth-order valence-corrected chi connectivity index (χ4v) is 2.58. The lowest BCUT2D eigenvalue weighted by Crippen LogP contribution is -2.03. The summed E-state index contributed by atoms with van der Waals surface area (Å²) < 4.78 is 31.1. The molecule has 0 aliphatic heterocycles. The van der Waals surface area contributed by atoms with Gasteiger partial charge >= 0.3 is 0 Å². The van der Waals surface area contributed by atoms with Gasteiger partial charge in [0, 0.05) is 12.2 Å². The number of rotatable bonds is 7. The highest BCUT2D eigenvalue weighted by Crippen LogP contribution is 2.16. The second kappa shape index (κ2) is 7.15. The summed E-state index contributed by atoms with van der Waals surface area (Å²) in [4.78, 5) is 10.2. The van der Waals surface area contributed by atoms with Crippen molar-refractivity contribution in [3.63, 3.8) is 0 Å². The number of anilines is 1. The maximum atomic E-state index is 11.1. The van der Waals surface area contributed by atoms with Crippen molar-refractivity contribution in [2.75, 3.05) is 11.9 Å². The highest BCUT2D eigenvalue weighted by atomic mass is 32.2. The van der Waals surface area contributed by atoms with Crippen LogP contribution in [0.4, 0.5) is 11.4 Å². The molecule has 6 nitrogen and oxygen atoms in total. The zero-order chi connectivity index (χ0) is 16.0. The zero-order valence-electron chi connectivity index (χ0n) is 11.8. The standard InChI is InChI=1S/C15H16N2O4S/c18-17-14-8-6-13(7-9-14)16-10-2-4-12-3-1-5-15(11-12)22(19,20)21/h1,3,5-9,11,16H,2,4,10H2,(H,19,20,21). The Bertz CT molecular complexity index is 742. The third kappa shape index (κ3) is 4.64. The first-order valence-electron chi connectivity index (χ1n) is 6.73. The number of nitrogens with one attached hydrogen (secondary N) is 1. The van der Waals surface area contributed by atoms with Gasteiger partial charge in [0.05, 0.1) is 4.90 Å². The smallest absolute Gasteiger partial charge is 0.294 e. The predicted molar refractivity (Wildman–Crippen MR) is 85.0 cm³/mol. The van der Waals surface area contributed by atoms with Crippen LogP contribution in [0.1, 0.15) is 12.0 Å². The van der Waals surface area contributed by atoms with Gasteiger partial charge in [-0.2, -0.15) is 8.42 Å².